The van der Waals surface area contributed by atoms with Gasteiger partial charge in [-0.25, -0.2) is 4.98 Å². The Balaban J connectivity index is 1.69. The molecule has 5 nitrogen and oxygen atoms in total. The molecule has 0 fully saturated rings. The third-order valence-electron chi connectivity index (χ3n) is 3.50. The van der Waals surface area contributed by atoms with E-state index < -0.39 is 0 Å². The molecule has 25 heavy (non-hydrogen) atoms. The summed E-state index contributed by atoms with van der Waals surface area (Å²) in [5.74, 6) is 1.14. The quantitative estimate of drug-likeness (QED) is 0.645. The van der Waals surface area contributed by atoms with Gasteiger partial charge in [-0.2, -0.15) is 0 Å². The lowest BCUT2D eigenvalue weighted by Crippen LogP contribution is -2.12. The van der Waals surface area contributed by atoms with Crippen molar-refractivity contribution in [2.45, 2.75) is 0 Å². The molecule has 1 aromatic heterocycles. The van der Waals surface area contributed by atoms with Gasteiger partial charge in [0, 0.05) is 16.4 Å². The fraction of sp³-hybridized carbons (Fsp3) is 0.0526. The molecule has 0 saturated carbocycles. The highest BCUT2D eigenvalue weighted by molar-refractivity contribution is 9.10. The summed E-state index contributed by atoms with van der Waals surface area (Å²) in [6, 6.07) is 18.4. The number of nitrogens with one attached hydrogen (secondary N) is 2. The summed E-state index contributed by atoms with van der Waals surface area (Å²) in [5, 5.41) is 6.01. The summed E-state index contributed by atoms with van der Waals surface area (Å²) in [6.07, 6.45) is 1.53. The molecule has 0 atom stereocenters. The lowest BCUT2D eigenvalue weighted by atomic mass is 10.2. The number of benzene rings is 2. The van der Waals surface area contributed by atoms with Crippen molar-refractivity contribution in [1.29, 1.82) is 0 Å². The highest BCUT2D eigenvalue weighted by atomic mass is 79.9. The predicted octanol–water partition coefficient (Wildman–Crippen LogP) is 4.85. The van der Waals surface area contributed by atoms with Crippen LogP contribution >= 0.6 is 15.9 Å². The van der Waals surface area contributed by atoms with Crippen molar-refractivity contribution in [2.75, 3.05) is 17.7 Å². The molecule has 1 heterocycles. The van der Waals surface area contributed by atoms with E-state index in [0.717, 1.165) is 21.6 Å². The van der Waals surface area contributed by atoms with Gasteiger partial charge in [0.25, 0.3) is 5.91 Å². The van der Waals surface area contributed by atoms with E-state index in [4.69, 9.17) is 4.74 Å². The fourth-order valence-electron chi connectivity index (χ4n) is 2.22. The summed E-state index contributed by atoms with van der Waals surface area (Å²) in [7, 11) is 1.61. The van der Waals surface area contributed by atoms with E-state index in [2.05, 4.69) is 31.5 Å². The molecular weight excluding hydrogens is 382 g/mol. The van der Waals surface area contributed by atoms with Gasteiger partial charge in [-0.05, 0) is 48.5 Å². The van der Waals surface area contributed by atoms with Gasteiger partial charge in [-0.1, -0.05) is 28.1 Å². The number of pyridine rings is 1. The normalized spacial score (nSPS) is 10.2. The first kappa shape index (κ1) is 17.0. The first-order valence-electron chi connectivity index (χ1n) is 7.59. The Morgan fingerprint density at radius 1 is 1.04 bits per heavy atom. The Kier molecular flexibility index (Phi) is 5.30. The van der Waals surface area contributed by atoms with Crippen LogP contribution in [0.5, 0.6) is 5.75 Å². The van der Waals surface area contributed by atoms with Gasteiger partial charge in [0.15, 0.2) is 0 Å². The third-order valence-corrected chi connectivity index (χ3v) is 4.03. The number of carbonyl (C=O) groups excluding carboxylic acids is 1. The second-order valence-electron chi connectivity index (χ2n) is 5.22. The molecule has 0 radical (unpaired) electrons. The molecule has 2 N–H and O–H groups in total. The van der Waals surface area contributed by atoms with Crippen molar-refractivity contribution in [3.63, 3.8) is 0 Å². The molecule has 0 aliphatic heterocycles. The Hall–Kier alpha value is -2.86. The zero-order valence-electron chi connectivity index (χ0n) is 13.5. The summed E-state index contributed by atoms with van der Waals surface area (Å²) in [6.45, 7) is 0. The Labute approximate surface area is 154 Å². The van der Waals surface area contributed by atoms with Gasteiger partial charge >= 0.3 is 0 Å². The van der Waals surface area contributed by atoms with Crippen LogP contribution in [0.3, 0.4) is 0 Å². The van der Waals surface area contributed by atoms with Gasteiger partial charge in [0.2, 0.25) is 0 Å². The molecule has 126 valence electrons. The minimum absolute atomic E-state index is 0.210. The van der Waals surface area contributed by atoms with E-state index >= 15 is 0 Å². The Morgan fingerprint density at radius 3 is 2.48 bits per heavy atom. The Bertz CT molecular complexity index is 865. The van der Waals surface area contributed by atoms with E-state index in [-0.39, 0.29) is 5.91 Å². The zero-order valence-corrected chi connectivity index (χ0v) is 15.1. The maximum absolute atomic E-state index is 12.3. The molecular formula is C19H16BrN3O2. The van der Waals surface area contributed by atoms with Crippen molar-refractivity contribution in [1.82, 2.24) is 4.98 Å². The van der Waals surface area contributed by atoms with E-state index in [1.54, 1.807) is 19.2 Å². The van der Waals surface area contributed by atoms with Gasteiger partial charge < -0.3 is 15.4 Å². The smallest absolute Gasteiger partial charge is 0.257 e. The number of ether oxygens (including phenoxy) is 1. The van der Waals surface area contributed by atoms with Crippen molar-refractivity contribution in [3.8, 4) is 5.75 Å². The summed E-state index contributed by atoms with van der Waals surface area (Å²) in [4.78, 5) is 16.6. The number of amides is 1. The minimum Gasteiger partial charge on any atom is -0.495 e. The number of para-hydroxylation sites is 2. The first-order valence-corrected chi connectivity index (χ1v) is 8.38. The molecule has 0 spiro atoms. The number of halogens is 1. The largest absolute Gasteiger partial charge is 0.495 e. The van der Waals surface area contributed by atoms with Crippen LogP contribution in [0.25, 0.3) is 0 Å². The first-order chi connectivity index (χ1) is 12.2. The van der Waals surface area contributed by atoms with Crippen molar-refractivity contribution in [3.05, 3.63) is 76.9 Å². The lowest BCUT2D eigenvalue weighted by Gasteiger charge is -2.10. The number of nitrogens with zero attached hydrogens (tertiary/aromatic N) is 1. The van der Waals surface area contributed by atoms with E-state index in [0.29, 0.717) is 11.4 Å². The van der Waals surface area contributed by atoms with Crippen LogP contribution in [0.4, 0.5) is 17.2 Å². The van der Waals surface area contributed by atoms with Crippen molar-refractivity contribution in [2.24, 2.45) is 0 Å². The molecule has 0 aliphatic rings. The van der Waals surface area contributed by atoms with Crippen LogP contribution in [-0.2, 0) is 0 Å². The summed E-state index contributed by atoms with van der Waals surface area (Å²) < 4.78 is 6.25. The lowest BCUT2D eigenvalue weighted by molar-refractivity contribution is 0.102. The maximum Gasteiger partial charge on any atom is 0.257 e. The maximum atomic E-state index is 12.3. The third kappa shape index (κ3) is 4.36. The number of aromatic nitrogens is 1. The van der Waals surface area contributed by atoms with Crippen LogP contribution in [0.15, 0.2) is 71.3 Å². The molecule has 3 rings (SSSR count). The number of carbonyl (C=O) groups is 1. The topological polar surface area (TPSA) is 63.2 Å². The van der Waals surface area contributed by atoms with Crippen LogP contribution in [0, 0.1) is 0 Å². The monoisotopic (exact) mass is 397 g/mol. The number of rotatable bonds is 5. The van der Waals surface area contributed by atoms with Gasteiger partial charge in [0.05, 0.1) is 18.4 Å². The average Bonchev–Trinajstić information content (AvgIpc) is 2.64. The SMILES string of the molecule is COc1ccccc1Nc1ccc(C(=O)Nc2ccc(Br)cc2)cn1. The predicted molar refractivity (Wildman–Crippen MR) is 103 cm³/mol. The second kappa shape index (κ2) is 7.81. The fourth-order valence-corrected chi connectivity index (χ4v) is 2.49. The summed E-state index contributed by atoms with van der Waals surface area (Å²) >= 11 is 3.36. The van der Waals surface area contributed by atoms with E-state index in [1.165, 1.54) is 6.20 Å². The number of anilines is 3. The van der Waals surface area contributed by atoms with Crippen molar-refractivity contribution < 1.29 is 9.53 Å². The molecule has 6 heteroatoms. The molecule has 2 aromatic carbocycles. The minimum atomic E-state index is -0.210. The van der Waals surface area contributed by atoms with Gasteiger partial charge in [0.1, 0.15) is 11.6 Å². The van der Waals surface area contributed by atoms with E-state index in [9.17, 15) is 4.79 Å². The molecule has 1 amide bonds. The molecule has 3 aromatic rings. The standard InChI is InChI=1S/C19H16BrN3O2/c1-25-17-5-3-2-4-16(17)23-18-11-6-13(12-21-18)19(24)22-15-9-7-14(20)8-10-15/h2-12H,1H3,(H,21,23)(H,22,24). The van der Waals surface area contributed by atoms with Crippen LogP contribution < -0.4 is 15.4 Å². The van der Waals surface area contributed by atoms with E-state index in [1.807, 2.05) is 48.5 Å². The second-order valence-corrected chi connectivity index (χ2v) is 6.13. The number of hydrogen-bond donors (Lipinski definition) is 2. The zero-order chi connectivity index (χ0) is 17.6. The molecule has 0 aliphatic carbocycles. The van der Waals surface area contributed by atoms with Crippen LogP contribution in [0.1, 0.15) is 10.4 Å². The van der Waals surface area contributed by atoms with Crippen LogP contribution in [0.2, 0.25) is 0 Å². The molecule has 0 unspecified atom stereocenters. The molecule has 0 saturated heterocycles. The summed E-state index contributed by atoms with van der Waals surface area (Å²) in [5.41, 5.74) is 2.02. The number of methoxy groups -OCH3 is 1. The average molecular weight is 398 g/mol. The highest BCUT2D eigenvalue weighted by Crippen LogP contribution is 2.26. The van der Waals surface area contributed by atoms with Crippen molar-refractivity contribution >= 4 is 39.0 Å². The van der Waals surface area contributed by atoms with Gasteiger partial charge in [-0.15, -0.1) is 0 Å². The van der Waals surface area contributed by atoms with Gasteiger partial charge in [-0.3, -0.25) is 4.79 Å². The molecule has 0 bridgehead atoms. The Morgan fingerprint density at radius 2 is 1.80 bits per heavy atom. The van der Waals surface area contributed by atoms with Crippen LogP contribution in [-0.4, -0.2) is 18.0 Å². The highest BCUT2D eigenvalue weighted by Gasteiger charge is 2.08. The number of hydrogen-bond acceptors (Lipinski definition) is 4.